The van der Waals surface area contributed by atoms with Crippen molar-refractivity contribution in [2.45, 2.75) is 19.1 Å². The number of ether oxygens (including phenoxy) is 1. The van der Waals surface area contributed by atoms with Crippen LogP contribution in [0.2, 0.25) is 5.15 Å². The summed E-state index contributed by atoms with van der Waals surface area (Å²) in [4.78, 5) is 10.2. The predicted molar refractivity (Wildman–Crippen MR) is 60.7 cm³/mol. The molecule has 88 valence electrons. The van der Waals surface area contributed by atoms with Gasteiger partial charge < -0.3 is 14.7 Å². The molecule has 1 aromatic heterocycles. The highest BCUT2D eigenvalue weighted by Crippen LogP contribution is 2.23. The minimum Gasteiger partial charge on any atom is -0.394 e. The van der Waals surface area contributed by atoms with Gasteiger partial charge in [-0.25, -0.2) is 9.97 Å². The fourth-order valence-corrected chi connectivity index (χ4v) is 2.07. The van der Waals surface area contributed by atoms with Crippen LogP contribution < -0.4 is 4.90 Å². The first-order valence-corrected chi connectivity index (χ1v) is 5.56. The largest absolute Gasteiger partial charge is 0.394 e. The zero-order chi connectivity index (χ0) is 11.5. The SMILES string of the molecule is CC1CN(c2nccnc2Cl)CC(CO)O1. The number of halogens is 1. The van der Waals surface area contributed by atoms with Crippen LogP contribution in [0.5, 0.6) is 0 Å². The van der Waals surface area contributed by atoms with E-state index in [9.17, 15) is 0 Å². The van der Waals surface area contributed by atoms with Gasteiger partial charge in [-0.05, 0) is 6.92 Å². The first-order chi connectivity index (χ1) is 7.70. The summed E-state index contributed by atoms with van der Waals surface area (Å²) in [6.45, 7) is 3.24. The molecule has 1 fully saturated rings. The highest BCUT2D eigenvalue weighted by molar-refractivity contribution is 6.31. The Hall–Kier alpha value is -0.910. The molecule has 0 aliphatic carbocycles. The fourth-order valence-electron chi connectivity index (χ4n) is 1.84. The summed E-state index contributed by atoms with van der Waals surface area (Å²) in [5.74, 6) is 0.651. The van der Waals surface area contributed by atoms with Crippen molar-refractivity contribution < 1.29 is 9.84 Å². The van der Waals surface area contributed by atoms with E-state index in [1.807, 2.05) is 11.8 Å². The molecule has 1 aliphatic heterocycles. The average molecular weight is 244 g/mol. The molecule has 1 aromatic rings. The Morgan fingerprint density at radius 1 is 1.50 bits per heavy atom. The Balaban J connectivity index is 2.17. The van der Waals surface area contributed by atoms with E-state index in [2.05, 4.69) is 9.97 Å². The standard InChI is InChI=1S/C10H14ClN3O2/c1-7-4-14(5-8(6-15)16-7)10-9(11)12-2-3-13-10/h2-3,7-8,15H,4-6H2,1H3. The Morgan fingerprint density at radius 3 is 2.94 bits per heavy atom. The monoisotopic (exact) mass is 243 g/mol. The van der Waals surface area contributed by atoms with E-state index in [4.69, 9.17) is 21.4 Å². The van der Waals surface area contributed by atoms with E-state index >= 15 is 0 Å². The van der Waals surface area contributed by atoms with E-state index in [0.29, 0.717) is 24.1 Å². The minimum absolute atomic E-state index is 0.00127. The number of aliphatic hydroxyl groups is 1. The van der Waals surface area contributed by atoms with Crippen LogP contribution in [0.4, 0.5) is 5.82 Å². The van der Waals surface area contributed by atoms with Crippen LogP contribution in [0.3, 0.4) is 0 Å². The van der Waals surface area contributed by atoms with Crippen molar-refractivity contribution in [3.63, 3.8) is 0 Å². The first-order valence-electron chi connectivity index (χ1n) is 5.18. The third kappa shape index (κ3) is 2.42. The van der Waals surface area contributed by atoms with Gasteiger partial charge >= 0.3 is 0 Å². The van der Waals surface area contributed by atoms with Crippen LogP contribution in [0, 0.1) is 0 Å². The second-order valence-corrected chi connectivity index (χ2v) is 4.19. The smallest absolute Gasteiger partial charge is 0.171 e. The van der Waals surface area contributed by atoms with Crippen molar-refractivity contribution in [3.05, 3.63) is 17.5 Å². The summed E-state index contributed by atoms with van der Waals surface area (Å²) in [5, 5.41) is 9.50. The van der Waals surface area contributed by atoms with Gasteiger partial charge in [-0.15, -0.1) is 0 Å². The molecule has 0 bridgehead atoms. The molecular formula is C10H14ClN3O2. The molecule has 1 N–H and O–H groups in total. The molecule has 2 heterocycles. The van der Waals surface area contributed by atoms with Crippen LogP contribution in [0.15, 0.2) is 12.4 Å². The molecule has 1 aliphatic rings. The van der Waals surface area contributed by atoms with Gasteiger partial charge in [0.15, 0.2) is 11.0 Å². The third-order valence-electron chi connectivity index (χ3n) is 2.47. The Bertz CT molecular complexity index is 364. The number of rotatable bonds is 2. The highest BCUT2D eigenvalue weighted by Gasteiger charge is 2.26. The van der Waals surface area contributed by atoms with Gasteiger partial charge in [0.1, 0.15) is 0 Å². The van der Waals surface area contributed by atoms with Gasteiger partial charge in [-0.2, -0.15) is 0 Å². The summed E-state index contributed by atoms with van der Waals surface area (Å²) >= 11 is 5.98. The van der Waals surface area contributed by atoms with E-state index in [-0.39, 0.29) is 18.8 Å². The summed E-state index contributed by atoms with van der Waals surface area (Å²) in [7, 11) is 0. The van der Waals surface area contributed by atoms with Crippen LogP contribution in [-0.2, 0) is 4.74 Å². The van der Waals surface area contributed by atoms with E-state index in [1.54, 1.807) is 12.4 Å². The maximum absolute atomic E-state index is 9.12. The van der Waals surface area contributed by atoms with Crippen LogP contribution in [0.1, 0.15) is 6.92 Å². The molecule has 2 atom stereocenters. The van der Waals surface area contributed by atoms with Gasteiger partial charge in [0.2, 0.25) is 0 Å². The molecule has 5 nitrogen and oxygen atoms in total. The van der Waals surface area contributed by atoms with Crippen molar-refractivity contribution in [1.82, 2.24) is 9.97 Å². The zero-order valence-corrected chi connectivity index (χ0v) is 9.76. The number of hydrogen-bond donors (Lipinski definition) is 1. The van der Waals surface area contributed by atoms with Crippen LogP contribution in [0.25, 0.3) is 0 Å². The van der Waals surface area contributed by atoms with Crippen molar-refractivity contribution in [3.8, 4) is 0 Å². The fraction of sp³-hybridized carbons (Fsp3) is 0.600. The van der Waals surface area contributed by atoms with E-state index in [1.165, 1.54) is 0 Å². The number of hydrogen-bond acceptors (Lipinski definition) is 5. The Morgan fingerprint density at radius 2 is 2.25 bits per heavy atom. The number of morpholine rings is 1. The topological polar surface area (TPSA) is 58.5 Å². The molecular weight excluding hydrogens is 230 g/mol. The quantitative estimate of drug-likeness (QED) is 0.829. The molecule has 16 heavy (non-hydrogen) atoms. The Labute approximate surface area is 99.0 Å². The number of anilines is 1. The van der Waals surface area contributed by atoms with Gasteiger partial charge in [0, 0.05) is 25.5 Å². The maximum Gasteiger partial charge on any atom is 0.171 e. The average Bonchev–Trinajstić information content (AvgIpc) is 2.28. The predicted octanol–water partition coefficient (Wildman–Crippen LogP) is 0.716. The van der Waals surface area contributed by atoms with Gasteiger partial charge in [0.05, 0.1) is 18.8 Å². The molecule has 0 saturated carbocycles. The van der Waals surface area contributed by atoms with Gasteiger partial charge in [-0.1, -0.05) is 11.6 Å². The van der Waals surface area contributed by atoms with Crippen LogP contribution in [-0.4, -0.2) is 47.0 Å². The van der Waals surface area contributed by atoms with E-state index in [0.717, 1.165) is 0 Å². The maximum atomic E-state index is 9.12. The van der Waals surface area contributed by atoms with Crippen LogP contribution >= 0.6 is 11.6 Å². The molecule has 0 amide bonds. The summed E-state index contributed by atoms with van der Waals surface area (Å²) < 4.78 is 5.54. The number of aromatic nitrogens is 2. The lowest BCUT2D eigenvalue weighted by atomic mass is 10.2. The second-order valence-electron chi connectivity index (χ2n) is 3.83. The zero-order valence-electron chi connectivity index (χ0n) is 9.01. The summed E-state index contributed by atoms with van der Waals surface area (Å²) in [5.41, 5.74) is 0. The van der Waals surface area contributed by atoms with Gasteiger partial charge in [0.25, 0.3) is 0 Å². The van der Waals surface area contributed by atoms with Crippen molar-refractivity contribution in [2.24, 2.45) is 0 Å². The molecule has 0 radical (unpaired) electrons. The molecule has 6 heteroatoms. The van der Waals surface area contributed by atoms with Crippen molar-refractivity contribution in [1.29, 1.82) is 0 Å². The lowest BCUT2D eigenvalue weighted by molar-refractivity contribution is -0.0423. The molecule has 1 saturated heterocycles. The molecule has 2 unspecified atom stereocenters. The first kappa shape index (κ1) is 11.6. The second kappa shape index (κ2) is 4.95. The lowest BCUT2D eigenvalue weighted by Gasteiger charge is -2.36. The van der Waals surface area contributed by atoms with Gasteiger partial charge in [-0.3, -0.25) is 0 Å². The van der Waals surface area contributed by atoms with E-state index < -0.39 is 0 Å². The lowest BCUT2D eigenvalue weighted by Crippen LogP contribution is -2.48. The Kier molecular flexibility index (Phi) is 3.58. The molecule has 0 aromatic carbocycles. The third-order valence-corrected chi connectivity index (χ3v) is 2.73. The van der Waals surface area contributed by atoms with Crippen molar-refractivity contribution in [2.75, 3.05) is 24.6 Å². The summed E-state index contributed by atoms with van der Waals surface area (Å²) in [6.07, 6.45) is 3.01. The van der Waals surface area contributed by atoms with Crippen molar-refractivity contribution >= 4 is 17.4 Å². The number of aliphatic hydroxyl groups excluding tert-OH is 1. The summed E-state index contributed by atoms with van der Waals surface area (Å²) in [6, 6.07) is 0. The minimum atomic E-state index is -0.193. The molecule has 0 spiro atoms. The molecule has 2 rings (SSSR count). The normalized spacial score (nSPS) is 25.8. The number of nitrogens with zero attached hydrogens (tertiary/aromatic N) is 3. The highest BCUT2D eigenvalue weighted by atomic mass is 35.5.